The zero-order valence-electron chi connectivity index (χ0n) is 16.2. The lowest BCUT2D eigenvalue weighted by molar-refractivity contribution is 0.508. The van der Waals surface area contributed by atoms with E-state index in [-0.39, 0.29) is 29.4 Å². The number of rotatable bonds is 7. The molecule has 0 aliphatic heterocycles. The smallest absolute Gasteiger partial charge is 0.191 e. The van der Waals surface area contributed by atoms with Crippen molar-refractivity contribution in [2.75, 3.05) is 13.1 Å². The molecular formula is C21H31IN4. The normalized spacial score (nSPS) is 11.6. The number of aliphatic imine (C=N–C) groups is 1. The van der Waals surface area contributed by atoms with Crippen LogP contribution in [0.3, 0.4) is 0 Å². The number of hydrogen-bond donors (Lipinski definition) is 2. The van der Waals surface area contributed by atoms with Crippen molar-refractivity contribution in [3.63, 3.8) is 0 Å². The summed E-state index contributed by atoms with van der Waals surface area (Å²) >= 11 is 0. The molecule has 0 unspecified atom stereocenters. The van der Waals surface area contributed by atoms with Crippen LogP contribution in [0.4, 0.5) is 0 Å². The Bertz CT molecular complexity index is 666. The van der Waals surface area contributed by atoms with E-state index in [1.807, 2.05) is 18.2 Å². The first-order chi connectivity index (χ1) is 12.0. The minimum Gasteiger partial charge on any atom is -0.357 e. The molecule has 1 heterocycles. The maximum Gasteiger partial charge on any atom is 0.191 e. The molecule has 0 saturated heterocycles. The lowest BCUT2D eigenvalue weighted by atomic mass is 9.84. The van der Waals surface area contributed by atoms with Crippen molar-refractivity contribution in [1.29, 1.82) is 0 Å². The summed E-state index contributed by atoms with van der Waals surface area (Å²) in [7, 11) is 0. The Hall–Kier alpha value is -1.63. The predicted octanol–water partition coefficient (Wildman–Crippen LogP) is 4.29. The molecule has 1 aromatic carbocycles. The summed E-state index contributed by atoms with van der Waals surface area (Å²) in [6, 6.07) is 14.8. The third-order valence-corrected chi connectivity index (χ3v) is 4.31. The van der Waals surface area contributed by atoms with Gasteiger partial charge >= 0.3 is 0 Å². The van der Waals surface area contributed by atoms with Crippen LogP contribution < -0.4 is 10.6 Å². The molecule has 0 fully saturated rings. The summed E-state index contributed by atoms with van der Waals surface area (Å²) < 4.78 is 0. The van der Waals surface area contributed by atoms with E-state index in [0.29, 0.717) is 6.54 Å². The van der Waals surface area contributed by atoms with Crippen molar-refractivity contribution in [3.05, 3.63) is 65.5 Å². The number of aromatic nitrogens is 1. The molecule has 2 N–H and O–H groups in total. The van der Waals surface area contributed by atoms with Crippen LogP contribution in [0.15, 0.2) is 53.7 Å². The van der Waals surface area contributed by atoms with Gasteiger partial charge in [0.2, 0.25) is 0 Å². The van der Waals surface area contributed by atoms with E-state index in [1.165, 1.54) is 11.1 Å². The van der Waals surface area contributed by atoms with Gasteiger partial charge in [-0.1, -0.05) is 51.1 Å². The highest BCUT2D eigenvalue weighted by atomic mass is 127. The molecule has 2 aromatic rings. The minimum absolute atomic E-state index is 0. The fourth-order valence-corrected chi connectivity index (χ4v) is 2.59. The van der Waals surface area contributed by atoms with E-state index < -0.39 is 0 Å². The highest BCUT2D eigenvalue weighted by Gasteiger charge is 2.20. The van der Waals surface area contributed by atoms with Gasteiger partial charge in [0.05, 0.1) is 12.2 Å². The van der Waals surface area contributed by atoms with Gasteiger partial charge in [0.25, 0.3) is 0 Å². The number of nitrogens with one attached hydrogen (secondary N) is 2. The minimum atomic E-state index is 0. The number of benzene rings is 1. The molecule has 0 spiro atoms. The number of pyridine rings is 1. The van der Waals surface area contributed by atoms with Gasteiger partial charge in [-0.2, -0.15) is 0 Å². The van der Waals surface area contributed by atoms with E-state index >= 15 is 0 Å². The largest absolute Gasteiger partial charge is 0.357 e. The summed E-state index contributed by atoms with van der Waals surface area (Å²) in [5.41, 5.74) is 3.69. The number of halogens is 1. The van der Waals surface area contributed by atoms with Crippen LogP contribution >= 0.6 is 24.0 Å². The quantitative estimate of drug-likeness (QED) is 0.364. The van der Waals surface area contributed by atoms with Crippen molar-refractivity contribution >= 4 is 29.9 Å². The second kappa shape index (κ2) is 11.2. The molecule has 1 aromatic heterocycles. The standard InChI is InChI=1S/C21H30N4.HI/c1-5-17-10-12-18(13-11-17)21(3,4)16-25-20(22-6-2)24-15-19-9-7-8-14-23-19;/h7-14H,5-6,15-16H2,1-4H3,(H2,22,24,25);1H. The molecule has 5 heteroatoms. The zero-order valence-corrected chi connectivity index (χ0v) is 18.6. The Morgan fingerprint density at radius 1 is 1.04 bits per heavy atom. The maximum absolute atomic E-state index is 4.64. The summed E-state index contributed by atoms with van der Waals surface area (Å²) in [6.07, 6.45) is 2.87. The van der Waals surface area contributed by atoms with Gasteiger partial charge in [-0.05, 0) is 36.6 Å². The van der Waals surface area contributed by atoms with Crippen molar-refractivity contribution in [2.45, 2.75) is 46.1 Å². The average Bonchev–Trinajstić information content (AvgIpc) is 2.65. The first kappa shape index (κ1) is 22.4. The number of aryl methyl sites for hydroxylation is 1. The summed E-state index contributed by atoms with van der Waals surface area (Å²) in [4.78, 5) is 8.96. The molecular weight excluding hydrogens is 435 g/mol. The van der Waals surface area contributed by atoms with E-state index in [9.17, 15) is 0 Å². The molecule has 0 amide bonds. The van der Waals surface area contributed by atoms with Gasteiger partial charge in [0.1, 0.15) is 0 Å². The Kier molecular flexibility index (Phi) is 9.62. The van der Waals surface area contributed by atoms with Gasteiger partial charge in [-0.25, -0.2) is 4.99 Å². The fourth-order valence-electron chi connectivity index (χ4n) is 2.59. The molecule has 4 nitrogen and oxygen atoms in total. The molecule has 0 aliphatic rings. The monoisotopic (exact) mass is 466 g/mol. The summed E-state index contributed by atoms with van der Waals surface area (Å²) in [5.74, 6) is 0.825. The first-order valence-electron chi connectivity index (χ1n) is 9.06. The van der Waals surface area contributed by atoms with E-state index in [1.54, 1.807) is 6.20 Å². The zero-order chi connectivity index (χ0) is 18.1. The Labute approximate surface area is 174 Å². The second-order valence-electron chi connectivity index (χ2n) is 6.80. The second-order valence-corrected chi connectivity index (χ2v) is 6.80. The highest BCUT2D eigenvalue weighted by Crippen LogP contribution is 2.22. The lowest BCUT2D eigenvalue weighted by Gasteiger charge is -2.27. The van der Waals surface area contributed by atoms with Crippen LogP contribution in [0.5, 0.6) is 0 Å². The highest BCUT2D eigenvalue weighted by molar-refractivity contribution is 14.0. The molecule has 0 saturated carbocycles. The van der Waals surface area contributed by atoms with Crippen molar-refractivity contribution in [1.82, 2.24) is 15.6 Å². The molecule has 0 radical (unpaired) electrons. The predicted molar refractivity (Wildman–Crippen MR) is 121 cm³/mol. The van der Waals surface area contributed by atoms with Crippen LogP contribution in [0.1, 0.15) is 44.5 Å². The summed E-state index contributed by atoms with van der Waals surface area (Å²) in [5, 5.41) is 6.78. The topological polar surface area (TPSA) is 49.3 Å². The number of nitrogens with zero attached hydrogens (tertiary/aromatic N) is 2. The fraction of sp³-hybridized carbons (Fsp3) is 0.429. The van der Waals surface area contributed by atoms with Crippen molar-refractivity contribution < 1.29 is 0 Å². The van der Waals surface area contributed by atoms with Gasteiger partial charge in [0.15, 0.2) is 5.96 Å². The third kappa shape index (κ3) is 6.94. The van der Waals surface area contributed by atoms with Crippen LogP contribution in [0.25, 0.3) is 0 Å². The molecule has 0 aliphatic carbocycles. The van der Waals surface area contributed by atoms with E-state index in [0.717, 1.165) is 31.2 Å². The van der Waals surface area contributed by atoms with Gasteiger partial charge < -0.3 is 10.6 Å². The summed E-state index contributed by atoms with van der Waals surface area (Å²) in [6.45, 7) is 11.0. The molecule has 0 bridgehead atoms. The Morgan fingerprint density at radius 3 is 2.35 bits per heavy atom. The number of hydrogen-bond acceptors (Lipinski definition) is 2. The molecule has 142 valence electrons. The molecule has 2 rings (SSSR count). The van der Waals surface area contributed by atoms with Crippen LogP contribution in [0, 0.1) is 0 Å². The average molecular weight is 466 g/mol. The van der Waals surface area contributed by atoms with Crippen molar-refractivity contribution in [3.8, 4) is 0 Å². The third-order valence-electron chi connectivity index (χ3n) is 4.31. The maximum atomic E-state index is 4.64. The van der Waals surface area contributed by atoms with Crippen LogP contribution in [-0.4, -0.2) is 24.0 Å². The first-order valence-corrected chi connectivity index (χ1v) is 9.06. The van der Waals surface area contributed by atoms with E-state index in [2.05, 4.69) is 72.6 Å². The van der Waals surface area contributed by atoms with Gasteiger partial charge in [-0.15, -0.1) is 24.0 Å². The van der Waals surface area contributed by atoms with Crippen molar-refractivity contribution in [2.24, 2.45) is 4.99 Å². The molecule has 26 heavy (non-hydrogen) atoms. The van der Waals surface area contributed by atoms with Crippen LogP contribution in [0.2, 0.25) is 0 Å². The lowest BCUT2D eigenvalue weighted by Crippen LogP contribution is -2.43. The Morgan fingerprint density at radius 2 is 1.77 bits per heavy atom. The van der Waals surface area contributed by atoms with E-state index in [4.69, 9.17) is 0 Å². The number of guanidine groups is 1. The SMILES string of the molecule is CCNC(=NCc1ccccn1)NCC(C)(C)c1ccc(CC)cc1.I. The Balaban J connectivity index is 0.00000338. The molecule has 0 atom stereocenters. The van der Waals surface area contributed by atoms with Gasteiger partial charge in [0, 0.05) is 24.7 Å². The van der Waals surface area contributed by atoms with Crippen LogP contribution in [-0.2, 0) is 18.4 Å². The van der Waals surface area contributed by atoms with Gasteiger partial charge in [-0.3, -0.25) is 4.98 Å².